The Labute approximate surface area is 170 Å². The predicted molar refractivity (Wildman–Crippen MR) is 112 cm³/mol. The highest BCUT2D eigenvalue weighted by Gasteiger charge is 2.13. The number of hydrogen-bond acceptors (Lipinski definition) is 3. The maximum absolute atomic E-state index is 13.8. The lowest BCUT2D eigenvalue weighted by molar-refractivity contribution is 0.264. The summed E-state index contributed by atoms with van der Waals surface area (Å²) in [6.07, 6.45) is 4.99. The Morgan fingerprint density at radius 3 is 2.59 bits per heavy atom. The molecule has 0 unspecified atom stereocenters. The van der Waals surface area contributed by atoms with E-state index in [-0.39, 0.29) is 12.4 Å². The first kappa shape index (κ1) is 21.7. The number of hydrogen-bond donors (Lipinski definition) is 1. The number of halogens is 2. The van der Waals surface area contributed by atoms with E-state index in [4.69, 9.17) is 9.47 Å². The zero-order valence-electron chi connectivity index (χ0n) is 16.2. The van der Waals surface area contributed by atoms with Gasteiger partial charge in [-0.25, -0.2) is 4.39 Å². The highest BCUT2D eigenvalue weighted by atomic mass is 79.9. The maximum atomic E-state index is 13.8. The van der Waals surface area contributed by atoms with Gasteiger partial charge >= 0.3 is 0 Å². The van der Waals surface area contributed by atoms with Crippen molar-refractivity contribution in [1.29, 1.82) is 0 Å². The molecule has 0 fully saturated rings. The van der Waals surface area contributed by atoms with Crippen LogP contribution in [0, 0.1) is 5.82 Å². The van der Waals surface area contributed by atoms with E-state index in [0.717, 1.165) is 23.1 Å². The van der Waals surface area contributed by atoms with Gasteiger partial charge < -0.3 is 14.8 Å². The first-order valence-corrected chi connectivity index (χ1v) is 10.5. The normalized spacial score (nSPS) is 10.8. The molecule has 3 nitrogen and oxygen atoms in total. The van der Waals surface area contributed by atoms with Crippen molar-refractivity contribution in [2.45, 2.75) is 52.7 Å². The summed E-state index contributed by atoms with van der Waals surface area (Å²) < 4.78 is 26.3. The van der Waals surface area contributed by atoms with Gasteiger partial charge in [0.1, 0.15) is 12.4 Å². The molecule has 0 radical (unpaired) electrons. The van der Waals surface area contributed by atoms with Crippen molar-refractivity contribution in [1.82, 2.24) is 5.32 Å². The van der Waals surface area contributed by atoms with Crippen LogP contribution >= 0.6 is 15.9 Å². The van der Waals surface area contributed by atoms with Crippen LogP contribution in [0.1, 0.15) is 50.7 Å². The summed E-state index contributed by atoms with van der Waals surface area (Å²) in [5.41, 5.74) is 1.64. The van der Waals surface area contributed by atoms with Crippen LogP contribution in [-0.2, 0) is 13.2 Å². The third-order valence-electron chi connectivity index (χ3n) is 4.24. The van der Waals surface area contributed by atoms with Crippen LogP contribution < -0.4 is 14.8 Å². The predicted octanol–water partition coefficient (Wildman–Crippen LogP) is 6.24. The molecule has 5 heteroatoms. The van der Waals surface area contributed by atoms with Crippen molar-refractivity contribution in [3.63, 3.8) is 0 Å². The fraction of sp³-hybridized carbons (Fsp3) is 0.455. The molecule has 0 saturated carbocycles. The van der Waals surface area contributed by atoms with E-state index in [1.165, 1.54) is 31.7 Å². The van der Waals surface area contributed by atoms with E-state index < -0.39 is 0 Å². The Morgan fingerprint density at radius 2 is 1.85 bits per heavy atom. The maximum Gasteiger partial charge on any atom is 0.175 e. The highest BCUT2D eigenvalue weighted by Crippen LogP contribution is 2.37. The van der Waals surface area contributed by atoms with Crippen molar-refractivity contribution in [3.8, 4) is 11.5 Å². The molecule has 2 rings (SSSR count). The summed E-state index contributed by atoms with van der Waals surface area (Å²) in [6, 6.07) is 10.6. The van der Waals surface area contributed by atoms with Crippen LogP contribution in [0.25, 0.3) is 0 Å². The number of unbranched alkanes of at least 4 members (excludes halogenated alkanes) is 3. The second-order valence-corrected chi connectivity index (χ2v) is 7.31. The monoisotopic (exact) mass is 437 g/mol. The number of rotatable bonds is 12. The molecule has 148 valence electrons. The summed E-state index contributed by atoms with van der Waals surface area (Å²) in [6.45, 7) is 6.63. The lowest BCUT2D eigenvalue weighted by Crippen LogP contribution is -2.15. The summed E-state index contributed by atoms with van der Waals surface area (Å²) in [7, 11) is 0. The van der Waals surface area contributed by atoms with Gasteiger partial charge in [-0.05, 0) is 59.6 Å². The van der Waals surface area contributed by atoms with Gasteiger partial charge in [0.2, 0.25) is 0 Å². The zero-order chi connectivity index (χ0) is 19.5. The standard InChI is InChI=1S/C22H29BrFNO2/c1-3-5-6-9-12-25-15-17-13-19(23)22(21(14-17)26-4-2)27-16-18-10-7-8-11-20(18)24/h7-8,10-11,13-14,25H,3-6,9,12,15-16H2,1-2H3. The van der Waals surface area contributed by atoms with Crippen LogP contribution in [0.2, 0.25) is 0 Å². The molecule has 0 heterocycles. The van der Waals surface area contributed by atoms with Gasteiger partial charge in [0.15, 0.2) is 11.5 Å². The molecule has 0 bridgehead atoms. The van der Waals surface area contributed by atoms with E-state index in [0.29, 0.717) is 23.7 Å². The van der Waals surface area contributed by atoms with Crippen LogP contribution in [0.15, 0.2) is 40.9 Å². The molecule has 27 heavy (non-hydrogen) atoms. The van der Waals surface area contributed by atoms with Gasteiger partial charge in [0.05, 0.1) is 11.1 Å². The smallest absolute Gasteiger partial charge is 0.175 e. The van der Waals surface area contributed by atoms with E-state index in [9.17, 15) is 4.39 Å². The van der Waals surface area contributed by atoms with Crippen molar-refractivity contribution in [2.24, 2.45) is 0 Å². The van der Waals surface area contributed by atoms with Gasteiger partial charge in [-0.15, -0.1) is 0 Å². The van der Waals surface area contributed by atoms with Gasteiger partial charge in [-0.2, -0.15) is 0 Å². The third-order valence-corrected chi connectivity index (χ3v) is 4.82. The fourth-order valence-corrected chi connectivity index (χ4v) is 3.41. The van der Waals surface area contributed by atoms with E-state index in [2.05, 4.69) is 28.2 Å². The van der Waals surface area contributed by atoms with E-state index in [1.807, 2.05) is 19.1 Å². The van der Waals surface area contributed by atoms with Crippen molar-refractivity contribution in [3.05, 3.63) is 57.8 Å². The van der Waals surface area contributed by atoms with E-state index >= 15 is 0 Å². The molecule has 0 spiro atoms. The minimum absolute atomic E-state index is 0.153. The van der Waals surface area contributed by atoms with Gasteiger partial charge in [0, 0.05) is 12.1 Å². The SMILES string of the molecule is CCCCCCNCc1cc(Br)c(OCc2ccccc2F)c(OCC)c1. The Hall–Kier alpha value is -1.59. The van der Waals surface area contributed by atoms with Gasteiger partial charge in [-0.3, -0.25) is 0 Å². The molecule has 0 aliphatic carbocycles. The van der Waals surface area contributed by atoms with E-state index in [1.54, 1.807) is 18.2 Å². The average Bonchev–Trinajstić information content (AvgIpc) is 2.65. The molecule has 1 N–H and O–H groups in total. The molecule has 2 aromatic rings. The molecule has 2 aromatic carbocycles. The van der Waals surface area contributed by atoms with Crippen LogP contribution in [0.5, 0.6) is 11.5 Å². The van der Waals surface area contributed by atoms with Crippen molar-refractivity contribution >= 4 is 15.9 Å². The van der Waals surface area contributed by atoms with Crippen LogP contribution in [0.4, 0.5) is 4.39 Å². The Morgan fingerprint density at radius 1 is 1.04 bits per heavy atom. The number of benzene rings is 2. The van der Waals surface area contributed by atoms with Crippen LogP contribution in [0.3, 0.4) is 0 Å². The third kappa shape index (κ3) is 7.15. The molecule has 0 atom stereocenters. The average molecular weight is 438 g/mol. The fourth-order valence-electron chi connectivity index (χ4n) is 2.80. The first-order valence-electron chi connectivity index (χ1n) is 9.67. The Kier molecular flexibility index (Phi) is 9.64. The molecule has 0 saturated heterocycles. The first-order chi connectivity index (χ1) is 13.2. The molecule has 0 amide bonds. The largest absolute Gasteiger partial charge is 0.490 e. The van der Waals surface area contributed by atoms with Crippen molar-refractivity contribution in [2.75, 3.05) is 13.2 Å². The lowest BCUT2D eigenvalue weighted by Gasteiger charge is -2.16. The summed E-state index contributed by atoms with van der Waals surface area (Å²) in [5.74, 6) is 1.01. The molecular weight excluding hydrogens is 409 g/mol. The summed E-state index contributed by atoms with van der Waals surface area (Å²) >= 11 is 3.58. The minimum atomic E-state index is -0.268. The molecule has 0 aliphatic rings. The highest BCUT2D eigenvalue weighted by molar-refractivity contribution is 9.10. The quantitative estimate of drug-likeness (QED) is 0.398. The second kappa shape index (κ2) is 12.0. The van der Waals surface area contributed by atoms with Crippen LogP contribution in [-0.4, -0.2) is 13.2 Å². The number of nitrogens with one attached hydrogen (secondary N) is 1. The second-order valence-electron chi connectivity index (χ2n) is 6.46. The molecule has 0 aliphatic heterocycles. The Balaban J connectivity index is 2.01. The lowest BCUT2D eigenvalue weighted by atomic mass is 10.1. The van der Waals surface area contributed by atoms with Gasteiger partial charge in [-0.1, -0.05) is 44.4 Å². The summed E-state index contributed by atoms with van der Waals surface area (Å²) in [4.78, 5) is 0. The van der Waals surface area contributed by atoms with Gasteiger partial charge in [0.25, 0.3) is 0 Å². The number of ether oxygens (including phenoxy) is 2. The molecular formula is C22H29BrFNO2. The minimum Gasteiger partial charge on any atom is -0.490 e. The Bertz CT molecular complexity index is 709. The topological polar surface area (TPSA) is 30.5 Å². The van der Waals surface area contributed by atoms with Crippen molar-refractivity contribution < 1.29 is 13.9 Å². The zero-order valence-corrected chi connectivity index (χ0v) is 17.8. The summed E-state index contributed by atoms with van der Waals surface area (Å²) in [5, 5.41) is 3.48. The molecule has 0 aromatic heterocycles.